The molecular weight excluding hydrogens is 366 g/mol. The zero-order chi connectivity index (χ0) is 17.6. The van der Waals surface area contributed by atoms with Crippen LogP contribution < -0.4 is 15.4 Å². The van der Waals surface area contributed by atoms with Crippen LogP contribution in [0.4, 0.5) is 0 Å². The van der Waals surface area contributed by atoms with Gasteiger partial charge < -0.3 is 15.4 Å². The molecule has 1 fully saturated rings. The Morgan fingerprint density at radius 1 is 1.40 bits per heavy atom. The molecule has 1 saturated heterocycles. The Morgan fingerprint density at radius 3 is 2.72 bits per heavy atom. The number of halogens is 1. The van der Waals surface area contributed by atoms with Crippen LogP contribution in [0.5, 0.6) is 0 Å². The van der Waals surface area contributed by atoms with Gasteiger partial charge in [0.25, 0.3) is 0 Å². The van der Waals surface area contributed by atoms with Crippen molar-refractivity contribution >= 4 is 28.3 Å². The molecule has 2 rings (SSSR count). The monoisotopic (exact) mass is 391 g/mol. The first-order valence-electron chi connectivity index (χ1n) is 8.00. The van der Waals surface area contributed by atoms with Crippen LogP contribution in [0.1, 0.15) is 12.5 Å². The minimum Gasteiger partial charge on any atom is -0.383 e. The summed E-state index contributed by atoms with van der Waals surface area (Å²) in [7, 11) is -2.06. The van der Waals surface area contributed by atoms with Crippen LogP contribution in [0.2, 0.25) is 0 Å². The van der Waals surface area contributed by atoms with Crippen molar-refractivity contribution in [3.8, 4) is 0 Å². The van der Waals surface area contributed by atoms with Gasteiger partial charge in [-0.15, -0.1) is 12.4 Å². The zero-order valence-electron chi connectivity index (χ0n) is 14.4. The molecule has 1 aromatic rings. The van der Waals surface area contributed by atoms with Gasteiger partial charge in [0.15, 0.2) is 0 Å². The highest BCUT2D eigenvalue weighted by Gasteiger charge is 2.28. The third-order valence-electron chi connectivity index (χ3n) is 4.21. The number of hydrogen-bond acceptors (Lipinski definition) is 5. The number of hydrogen-bond donors (Lipinski definition) is 3. The van der Waals surface area contributed by atoms with Gasteiger partial charge >= 0.3 is 0 Å². The highest BCUT2D eigenvalue weighted by atomic mass is 35.5. The molecule has 0 bridgehead atoms. The second-order valence-electron chi connectivity index (χ2n) is 5.96. The predicted molar refractivity (Wildman–Crippen MR) is 98.1 cm³/mol. The Bertz CT molecular complexity index is 665. The number of carbonyl (C=O) groups is 1. The third-order valence-corrected chi connectivity index (χ3v) is 5.67. The fourth-order valence-corrected chi connectivity index (χ4v) is 3.50. The van der Waals surface area contributed by atoms with Crippen molar-refractivity contribution in [2.75, 3.05) is 33.4 Å². The number of carbonyl (C=O) groups excluding carboxylic acids is 1. The van der Waals surface area contributed by atoms with Gasteiger partial charge in [-0.2, -0.15) is 0 Å². The smallest absolute Gasteiger partial charge is 0.240 e. The number of amides is 1. The lowest BCUT2D eigenvalue weighted by Gasteiger charge is -2.31. The summed E-state index contributed by atoms with van der Waals surface area (Å²) < 4.78 is 31.7. The molecule has 1 unspecified atom stereocenters. The van der Waals surface area contributed by atoms with Crippen molar-refractivity contribution in [1.29, 1.82) is 0 Å². The van der Waals surface area contributed by atoms with E-state index in [0.29, 0.717) is 19.1 Å². The SMILES string of the molecule is COCCNS(=O)(=O)c1cccc(CNC(=O)C(C)C2CNC2)c1.Cl. The standard InChI is InChI=1S/C16H25N3O4S.ClH/c1-12(14-10-17-11-14)16(20)18-9-13-4-3-5-15(8-13)24(21,22)19-6-7-23-2;/h3-5,8,12,14,17,19H,6-7,9-11H2,1-2H3,(H,18,20);1H. The molecule has 7 nitrogen and oxygen atoms in total. The Kier molecular flexibility index (Phi) is 8.81. The van der Waals surface area contributed by atoms with Gasteiger partial charge in [0.2, 0.25) is 15.9 Å². The lowest BCUT2D eigenvalue weighted by atomic mass is 9.88. The van der Waals surface area contributed by atoms with Crippen LogP contribution in [0.25, 0.3) is 0 Å². The fourth-order valence-electron chi connectivity index (χ4n) is 2.41. The van der Waals surface area contributed by atoms with Crippen LogP contribution in [-0.4, -0.2) is 47.7 Å². The van der Waals surface area contributed by atoms with Gasteiger partial charge in [0, 0.05) is 26.1 Å². The van der Waals surface area contributed by atoms with Crippen molar-refractivity contribution in [3.63, 3.8) is 0 Å². The summed E-state index contributed by atoms with van der Waals surface area (Å²) in [5, 5.41) is 6.03. The van der Waals surface area contributed by atoms with Crippen LogP contribution in [0, 0.1) is 11.8 Å². The van der Waals surface area contributed by atoms with E-state index in [4.69, 9.17) is 4.74 Å². The minimum absolute atomic E-state index is 0. The molecule has 0 aromatic heterocycles. The number of methoxy groups -OCH3 is 1. The molecule has 1 aromatic carbocycles. The molecule has 1 atom stereocenters. The second kappa shape index (κ2) is 10.1. The van der Waals surface area contributed by atoms with Crippen molar-refractivity contribution in [2.24, 2.45) is 11.8 Å². The molecule has 25 heavy (non-hydrogen) atoms. The highest BCUT2D eigenvalue weighted by molar-refractivity contribution is 7.89. The van der Waals surface area contributed by atoms with Crippen molar-refractivity contribution < 1.29 is 17.9 Å². The van der Waals surface area contributed by atoms with Crippen molar-refractivity contribution in [1.82, 2.24) is 15.4 Å². The molecule has 0 aliphatic carbocycles. The Labute approximate surface area is 155 Å². The maximum absolute atomic E-state index is 12.2. The molecule has 1 heterocycles. The molecule has 142 valence electrons. The number of sulfonamides is 1. The molecule has 0 spiro atoms. The summed E-state index contributed by atoms with van der Waals surface area (Å²) in [5.41, 5.74) is 0.747. The first-order valence-corrected chi connectivity index (χ1v) is 9.48. The molecule has 1 aliphatic rings. The number of benzene rings is 1. The van der Waals surface area contributed by atoms with Crippen LogP contribution in [-0.2, 0) is 26.1 Å². The largest absolute Gasteiger partial charge is 0.383 e. The summed E-state index contributed by atoms with van der Waals surface area (Å²) >= 11 is 0. The Hall–Kier alpha value is -1.19. The summed E-state index contributed by atoms with van der Waals surface area (Å²) in [5.74, 6) is 0.323. The minimum atomic E-state index is -3.57. The van der Waals surface area contributed by atoms with Gasteiger partial charge in [-0.05, 0) is 36.7 Å². The summed E-state index contributed by atoms with van der Waals surface area (Å²) in [6.07, 6.45) is 0. The lowest BCUT2D eigenvalue weighted by molar-refractivity contribution is -0.126. The van der Waals surface area contributed by atoms with Crippen LogP contribution >= 0.6 is 12.4 Å². The average Bonchev–Trinajstić information content (AvgIpc) is 2.51. The first kappa shape index (κ1) is 21.9. The Morgan fingerprint density at radius 2 is 2.12 bits per heavy atom. The summed E-state index contributed by atoms with van der Waals surface area (Å²) in [6.45, 7) is 4.49. The Balaban J connectivity index is 0.00000312. The molecule has 3 N–H and O–H groups in total. The van der Waals surface area contributed by atoms with E-state index in [2.05, 4.69) is 15.4 Å². The van der Waals surface area contributed by atoms with E-state index in [9.17, 15) is 13.2 Å². The van der Waals surface area contributed by atoms with E-state index in [0.717, 1.165) is 18.7 Å². The number of ether oxygens (including phenoxy) is 1. The molecule has 1 amide bonds. The van der Waals surface area contributed by atoms with Gasteiger partial charge in [-0.25, -0.2) is 13.1 Å². The van der Waals surface area contributed by atoms with Gasteiger partial charge in [-0.1, -0.05) is 19.1 Å². The average molecular weight is 392 g/mol. The molecule has 0 saturated carbocycles. The van der Waals surface area contributed by atoms with Crippen LogP contribution in [0.3, 0.4) is 0 Å². The molecule has 9 heteroatoms. The highest BCUT2D eigenvalue weighted by Crippen LogP contribution is 2.16. The number of nitrogens with one attached hydrogen (secondary N) is 3. The van der Waals surface area contributed by atoms with E-state index < -0.39 is 10.0 Å². The van der Waals surface area contributed by atoms with Crippen molar-refractivity contribution in [3.05, 3.63) is 29.8 Å². The maximum atomic E-state index is 12.2. The second-order valence-corrected chi connectivity index (χ2v) is 7.73. The molecular formula is C16H26ClN3O4S. The lowest BCUT2D eigenvalue weighted by Crippen LogP contribution is -2.49. The zero-order valence-corrected chi connectivity index (χ0v) is 16.1. The van der Waals surface area contributed by atoms with Gasteiger partial charge in [0.05, 0.1) is 11.5 Å². The van der Waals surface area contributed by atoms with E-state index >= 15 is 0 Å². The fraction of sp³-hybridized carbons (Fsp3) is 0.562. The van der Waals surface area contributed by atoms with E-state index in [-0.39, 0.29) is 35.7 Å². The predicted octanol–water partition coefficient (Wildman–Crippen LogP) is 0.505. The van der Waals surface area contributed by atoms with E-state index in [1.54, 1.807) is 18.2 Å². The first-order chi connectivity index (χ1) is 11.4. The normalized spacial score (nSPS) is 15.8. The van der Waals surface area contributed by atoms with E-state index in [1.807, 2.05) is 6.92 Å². The molecule has 1 aliphatic heterocycles. The summed E-state index contributed by atoms with van der Waals surface area (Å²) in [4.78, 5) is 12.3. The maximum Gasteiger partial charge on any atom is 0.240 e. The van der Waals surface area contributed by atoms with Crippen molar-refractivity contribution in [2.45, 2.75) is 18.4 Å². The summed E-state index contributed by atoms with van der Waals surface area (Å²) in [6, 6.07) is 6.57. The quantitative estimate of drug-likeness (QED) is 0.533. The van der Waals surface area contributed by atoms with Gasteiger partial charge in [0.1, 0.15) is 0 Å². The van der Waals surface area contributed by atoms with E-state index in [1.165, 1.54) is 13.2 Å². The van der Waals surface area contributed by atoms with Gasteiger partial charge in [-0.3, -0.25) is 4.79 Å². The third kappa shape index (κ3) is 6.23. The topological polar surface area (TPSA) is 96.5 Å². The molecule has 0 radical (unpaired) electrons. The number of rotatable bonds is 9. The van der Waals surface area contributed by atoms with Crippen LogP contribution in [0.15, 0.2) is 29.2 Å².